The predicted molar refractivity (Wildman–Crippen MR) is 255 cm³/mol. The molecule has 0 aromatic rings. The minimum absolute atomic E-state index is 0.0480. The van der Waals surface area contributed by atoms with Crippen LogP contribution >= 0.6 is 0 Å². The van der Waals surface area contributed by atoms with Gasteiger partial charge in [-0.2, -0.15) is 0 Å². The van der Waals surface area contributed by atoms with Crippen molar-refractivity contribution < 1.29 is 24.5 Å². The van der Waals surface area contributed by atoms with Crippen LogP contribution in [0, 0.1) is 0 Å². The summed E-state index contributed by atoms with van der Waals surface area (Å²) in [5.41, 5.74) is 0. The number of carbonyl (C=O) groups excluding carboxylic acids is 2. The van der Waals surface area contributed by atoms with Crippen molar-refractivity contribution in [3.05, 3.63) is 48.6 Å². The summed E-state index contributed by atoms with van der Waals surface area (Å²) in [6.07, 6.45) is 56.0. The third-order valence-corrected chi connectivity index (χ3v) is 11.4. The SMILES string of the molecule is CCCCC/C=C\C/C=C\C/C=C\CCCCCCC(=O)OC(CCC/C=C\CCCCCCCCC)CC(=O)NC(CO)C(O)CCCCCCCCCCCCC. The summed E-state index contributed by atoms with van der Waals surface area (Å²) >= 11 is 0. The number of aliphatic hydroxyl groups excluding tert-OH is 2. The summed E-state index contributed by atoms with van der Waals surface area (Å²) in [6, 6.07) is -0.713. The quantitative estimate of drug-likeness (QED) is 0.0323. The van der Waals surface area contributed by atoms with Gasteiger partial charge in [0.05, 0.1) is 25.2 Å². The first-order valence-corrected chi connectivity index (χ1v) is 25.4. The van der Waals surface area contributed by atoms with E-state index in [0.29, 0.717) is 19.3 Å². The van der Waals surface area contributed by atoms with Gasteiger partial charge in [-0.25, -0.2) is 0 Å². The Labute approximate surface area is 366 Å². The van der Waals surface area contributed by atoms with E-state index in [1.165, 1.54) is 122 Å². The lowest BCUT2D eigenvalue weighted by Crippen LogP contribution is -2.46. The van der Waals surface area contributed by atoms with Gasteiger partial charge in [0.15, 0.2) is 0 Å². The molecule has 0 aromatic carbocycles. The van der Waals surface area contributed by atoms with Gasteiger partial charge in [0.1, 0.15) is 6.10 Å². The molecule has 0 bridgehead atoms. The lowest BCUT2D eigenvalue weighted by molar-refractivity contribution is -0.151. The Kier molecular flexibility index (Phi) is 45.1. The number of hydrogen-bond acceptors (Lipinski definition) is 5. The van der Waals surface area contributed by atoms with E-state index in [4.69, 9.17) is 4.74 Å². The molecule has 3 atom stereocenters. The molecule has 0 fully saturated rings. The molecule has 344 valence electrons. The molecule has 59 heavy (non-hydrogen) atoms. The molecule has 0 radical (unpaired) electrons. The van der Waals surface area contributed by atoms with E-state index in [-0.39, 0.29) is 24.9 Å². The molecule has 0 aromatic heterocycles. The Morgan fingerprint density at radius 2 is 0.881 bits per heavy atom. The van der Waals surface area contributed by atoms with Crippen LogP contribution in [0.2, 0.25) is 0 Å². The van der Waals surface area contributed by atoms with Gasteiger partial charge in [-0.3, -0.25) is 9.59 Å². The van der Waals surface area contributed by atoms with E-state index < -0.39 is 18.2 Å². The highest BCUT2D eigenvalue weighted by molar-refractivity contribution is 5.77. The van der Waals surface area contributed by atoms with Crippen molar-refractivity contribution in [1.82, 2.24) is 5.32 Å². The molecular formula is C53H97NO5. The summed E-state index contributed by atoms with van der Waals surface area (Å²) in [7, 11) is 0. The van der Waals surface area contributed by atoms with Gasteiger partial charge in [0.2, 0.25) is 5.91 Å². The van der Waals surface area contributed by atoms with Crippen molar-refractivity contribution in [3.63, 3.8) is 0 Å². The van der Waals surface area contributed by atoms with E-state index in [2.05, 4.69) is 74.7 Å². The van der Waals surface area contributed by atoms with Gasteiger partial charge in [0.25, 0.3) is 0 Å². The second-order valence-electron chi connectivity index (χ2n) is 17.2. The number of allylic oxidation sites excluding steroid dienone is 8. The fraction of sp³-hybridized carbons (Fsp3) is 0.811. The number of ether oxygens (including phenoxy) is 1. The molecule has 0 saturated heterocycles. The fourth-order valence-electron chi connectivity index (χ4n) is 7.50. The lowest BCUT2D eigenvalue weighted by Gasteiger charge is -2.24. The van der Waals surface area contributed by atoms with Crippen molar-refractivity contribution in [1.29, 1.82) is 0 Å². The van der Waals surface area contributed by atoms with E-state index in [1.54, 1.807) is 0 Å². The smallest absolute Gasteiger partial charge is 0.306 e. The highest BCUT2D eigenvalue weighted by Crippen LogP contribution is 2.17. The van der Waals surface area contributed by atoms with Crippen LogP contribution in [0.4, 0.5) is 0 Å². The molecule has 0 heterocycles. The second-order valence-corrected chi connectivity index (χ2v) is 17.2. The molecule has 0 spiro atoms. The zero-order chi connectivity index (χ0) is 43.1. The molecule has 6 nitrogen and oxygen atoms in total. The maximum Gasteiger partial charge on any atom is 0.306 e. The largest absolute Gasteiger partial charge is 0.462 e. The number of aliphatic hydroxyl groups is 2. The molecule has 1 amide bonds. The van der Waals surface area contributed by atoms with E-state index in [1.807, 2.05) is 0 Å². The van der Waals surface area contributed by atoms with Crippen LogP contribution in [0.25, 0.3) is 0 Å². The topological polar surface area (TPSA) is 95.9 Å². The van der Waals surface area contributed by atoms with Gasteiger partial charge in [0, 0.05) is 6.42 Å². The number of nitrogens with one attached hydrogen (secondary N) is 1. The van der Waals surface area contributed by atoms with Crippen molar-refractivity contribution in [3.8, 4) is 0 Å². The molecule has 0 aliphatic heterocycles. The number of unbranched alkanes of at least 4 members (excludes halogenated alkanes) is 25. The maximum atomic E-state index is 13.2. The predicted octanol–water partition coefficient (Wildman–Crippen LogP) is 15.1. The van der Waals surface area contributed by atoms with Gasteiger partial charge in [-0.1, -0.05) is 204 Å². The number of amides is 1. The normalized spacial score (nSPS) is 13.6. The van der Waals surface area contributed by atoms with Gasteiger partial charge < -0.3 is 20.3 Å². The molecule has 0 rings (SSSR count). The first kappa shape index (κ1) is 56.8. The van der Waals surface area contributed by atoms with Crippen LogP contribution in [0.5, 0.6) is 0 Å². The molecule has 0 aliphatic rings. The van der Waals surface area contributed by atoms with Crippen LogP contribution < -0.4 is 5.32 Å². The zero-order valence-electron chi connectivity index (χ0n) is 39.1. The Hall–Kier alpha value is -2.18. The fourth-order valence-corrected chi connectivity index (χ4v) is 7.50. The highest BCUT2D eigenvalue weighted by Gasteiger charge is 2.24. The average Bonchev–Trinajstić information content (AvgIpc) is 3.23. The average molecular weight is 828 g/mol. The summed E-state index contributed by atoms with van der Waals surface area (Å²) in [5.74, 6) is -0.525. The Morgan fingerprint density at radius 3 is 1.39 bits per heavy atom. The zero-order valence-corrected chi connectivity index (χ0v) is 39.1. The summed E-state index contributed by atoms with van der Waals surface area (Å²) in [6.45, 7) is 6.43. The molecule has 3 N–H and O–H groups in total. The monoisotopic (exact) mass is 828 g/mol. The number of hydrogen-bond donors (Lipinski definition) is 3. The van der Waals surface area contributed by atoms with E-state index in [0.717, 1.165) is 83.5 Å². The number of rotatable bonds is 45. The standard InChI is InChI=1S/C53H97NO5/c1-4-7-10-13-16-19-22-24-25-26-27-28-31-34-37-40-43-46-53(58)59-49(44-41-38-35-32-30-23-20-17-14-11-8-5-2)47-52(57)54-50(48-55)51(56)45-42-39-36-33-29-21-18-15-12-9-6-3/h16,19,24-25,27-28,32,35,49-51,55-56H,4-15,17-18,20-23,26,29-31,33-34,36-48H2,1-3H3,(H,54,57)/b19-16-,25-24-,28-27-,35-32-. The van der Waals surface area contributed by atoms with Crippen LogP contribution in [0.15, 0.2) is 48.6 Å². The first-order valence-electron chi connectivity index (χ1n) is 25.4. The van der Waals surface area contributed by atoms with E-state index in [9.17, 15) is 19.8 Å². The third-order valence-electron chi connectivity index (χ3n) is 11.4. The lowest BCUT2D eigenvalue weighted by atomic mass is 10.0. The van der Waals surface area contributed by atoms with Crippen molar-refractivity contribution in [2.45, 2.75) is 270 Å². The minimum Gasteiger partial charge on any atom is -0.462 e. The minimum atomic E-state index is -0.797. The highest BCUT2D eigenvalue weighted by atomic mass is 16.5. The van der Waals surface area contributed by atoms with Crippen LogP contribution in [0.1, 0.15) is 252 Å². The van der Waals surface area contributed by atoms with Gasteiger partial charge in [-0.15, -0.1) is 0 Å². The van der Waals surface area contributed by atoms with Gasteiger partial charge in [-0.05, 0) is 83.5 Å². The van der Waals surface area contributed by atoms with Crippen molar-refractivity contribution >= 4 is 11.9 Å². The Balaban J connectivity index is 4.62. The second kappa shape index (κ2) is 46.9. The van der Waals surface area contributed by atoms with Crippen LogP contribution in [0.3, 0.4) is 0 Å². The molecule has 0 aliphatic carbocycles. The van der Waals surface area contributed by atoms with Crippen molar-refractivity contribution in [2.75, 3.05) is 6.61 Å². The molecular weight excluding hydrogens is 731 g/mol. The number of esters is 1. The van der Waals surface area contributed by atoms with Crippen LogP contribution in [-0.4, -0.2) is 46.9 Å². The Bertz CT molecular complexity index is 1020. The maximum absolute atomic E-state index is 13.2. The third kappa shape index (κ3) is 42.3. The van der Waals surface area contributed by atoms with E-state index >= 15 is 0 Å². The summed E-state index contributed by atoms with van der Waals surface area (Å²) in [4.78, 5) is 26.1. The van der Waals surface area contributed by atoms with Gasteiger partial charge >= 0.3 is 5.97 Å². The Morgan fingerprint density at radius 1 is 0.492 bits per heavy atom. The molecule has 3 unspecified atom stereocenters. The summed E-state index contributed by atoms with van der Waals surface area (Å²) in [5, 5.41) is 23.7. The number of carbonyl (C=O) groups is 2. The molecule has 0 saturated carbocycles. The summed E-state index contributed by atoms with van der Waals surface area (Å²) < 4.78 is 5.90. The van der Waals surface area contributed by atoms with Crippen molar-refractivity contribution in [2.24, 2.45) is 0 Å². The van der Waals surface area contributed by atoms with Crippen LogP contribution in [-0.2, 0) is 14.3 Å². The first-order chi connectivity index (χ1) is 29.0. The molecule has 6 heteroatoms.